The number of benzene rings is 1. The lowest BCUT2D eigenvalue weighted by molar-refractivity contribution is 0.0336. The highest BCUT2D eigenvalue weighted by molar-refractivity contribution is 5.45. The van der Waals surface area contributed by atoms with E-state index in [4.69, 9.17) is 0 Å². The highest BCUT2D eigenvalue weighted by atomic mass is 16.3. The molecule has 5 atom stereocenters. The van der Waals surface area contributed by atoms with Crippen LogP contribution in [0.3, 0.4) is 0 Å². The van der Waals surface area contributed by atoms with Crippen molar-refractivity contribution in [3.63, 3.8) is 0 Å². The van der Waals surface area contributed by atoms with Gasteiger partial charge >= 0.3 is 0 Å². The standard InChI is InChI=1S/C20H28O/c1-12-10-17-14(11-19(12)21)5-6-16-15(17)8-9-20(3)13(2)4-7-18(16)20/h10-11,13,15-16,18,21H,4-9H2,1-3H3/t13?,15-,16?,18-,20?/m0/s1. The van der Waals surface area contributed by atoms with E-state index < -0.39 is 0 Å². The average molecular weight is 284 g/mol. The van der Waals surface area contributed by atoms with E-state index in [1.807, 2.05) is 13.0 Å². The van der Waals surface area contributed by atoms with Gasteiger partial charge in [-0.15, -0.1) is 0 Å². The molecule has 4 rings (SSSR count). The Balaban J connectivity index is 1.73. The molecule has 0 spiro atoms. The monoisotopic (exact) mass is 284 g/mol. The fourth-order valence-electron chi connectivity index (χ4n) is 5.98. The number of hydrogen-bond donors (Lipinski definition) is 1. The first-order valence-electron chi connectivity index (χ1n) is 8.83. The van der Waals surface area contributed by atoms with Crippen molar-refractivity contribution < 1.29 is 5.11 Å². The third-order valence-electron chi connectivity index (χ3n) is 7.52. The van der Waals surface area contributed by atoms with Crippen LogP contribution in [0, 0.1) is 30.1 Å². The molecule has 21 heavy (non-hydrogen) atoms. The van der Waals surface area contributed by atoms with Crippen molar-refractivity contribution in [3.05, 3.63) is 28.8 Å². The molecule has 0 heterocycles. The summed E-state index contributed by atoms with van der Waals surface area (Å²) in [6, 6.07) is 4.34. The summed E-state index contributed by atoms with van der Waals surface area (Å²) in [6.07, 6.45) is 8.16. The normalized spacial score (nSPS) is 41.3. The van der Waals surface area contributed by atoms with Crippen LogP contribution in [-0.2, 0) is 6.42 Å². The fourth-order valence-corrected chi connectivity index (χ4v) is 5.98. The predicted molar refractivity (Wildman–Crippen MR) is 86.6 cm³/mol. The molecule has 0 bridgehead atoms. The van der Waals surface area contributed by atoms with Crippen molar-refractivity contribution in [1.29, 1.82) is 0 Å². The molecular formula is C20H28O. The minimum absolute atomic E-state index is 0.488. The number of aromatic hydroxyl groups is 1. The summed E-state index contributed by atoms with van der Waals surface area (Å²) in [4.78, 5) is 0. The molecule has 1 aromatic carbocycles. The van der Waals surface area contributed by atoms with Crippen LogP contribution >= 0.6 is 0 Å². The Hall–Kier alpha value is -0.980. The van der Waals surface area contributed by atoms with Crippen LogP contribution < -0.4 is 0 Å². The summed E-state index contributed by atoms with van der Waals surface area (Å²) in [7, 11) is 0. The van der Waals surface area contributed by atoms with E-state index >= 15 is 0 Å². The van der Waals surface area contributed by atoms with E-state index in [1.165, 1.54) is 44.1 Å². The maximum absolute atomic E-state index is 10.00. The van der Waals surface area contributed by atoms with Crippen LogP contribution in [0.4, 0.5) is 0 Å². The second-order valence-electron chi connectivity index (χ2n) is 8.28. The minimum Gasteiger partial charge on any atom is -0.508 e. The smallest absolute Gasteiger partial charge is 0.118 e. The fraction of sp³-hybridized carbons (Fsp3) is 0.700. The highest BCUT2D eigenvalue weighted by Crippen LogP contribution is 2.62. The van der Waals surface area contributed by atoms with E-state index in [0.717, 1.165) is 29.2 Å². The second-order valence-corrected chi connectivity index (χ2v) is 8.28. The van der Waals surface area contributed by atoms with E-state index in [0.29, 0.717) is 11.2 Å². The molecule has 0 aliphatic heterocycles. The molecule has 2 fully saturated rings. The van der Waals surface area contributed by atoms with Crippen LogP contribution in [0.2, 0.25) is 0 Å². The van der Waals surface area contributed by atoms with Crippen LogP contribution in [0.15, 0.2) is 12.1 Å². The molecule has 114 valence electrons. The number of phenols is 1. The Morgan fingerprint density at radius 1 is 1.14 bits per heavy atom. The third kappa shape index (κ3) is 1.82. The van der Waals surface area contributed by atoms with Crippen molar-refractivity contribution in [2.75, 3.05) is 0 Å². The SMILES string of the molecule is Cc1cc2c(cc1O)CCC1[C@@H]2CCC2(C)C(C)CC[C@@H]12. The van der Waals surface area contributed by atoms with Gasteiger partial charge in [-0.05, 0) is 97.3 Å². The van der Waals surface area contributed by atoms with Crippen molar-refractivity contribution in [3.8, 4) is 5.75 Å². The van der Waals surface area contributed by atoms with Crippen LogP contribution in [0.25, 0.3) is 0 Å². The lowest BCUT2D eigenvalue weighted by atomic mass is 9.54. The van der Waals surface area contributed by atoms with Gasteiger partial charge in [0.25, 0.3) is 0 Å². The zero-order valence-electron chi connectivity index (χ0n) is 13.7. The summed E-state index contributed by atoms with van der Waals surface area (Å²) < 4.78 is 0. The number of phenolic OH excluding ortho intramolecular Hbond substituents is 1. The van der Waals surface area contributed by atoms with Crippen molar-refractivity contribution in [2.24, 2.45) is 23.2 Å². The molecule has 0 radical (unpaired) electrons. The topological polar surface area (TPSA) is 20.2 Å². The van der Waals surface area contributed by atoms with E-state index in [2.05, 4.69) is 19.9 Å². The first-order chi connectivity index (χ1) is 10.0. The number of rotatable bonds is 0. The quantitative estimate of drug-likeness (QED) is 0.695. The molecule has 1 N–H and O–H groups in total. The summed E-state index contributed by atoms with van der Waals surface area (Å²) in [5, 5.41) is 10.00. The molecule has 0 amide bonds. The first-order valence-corrected chi connectivity index (χ1v) is 8.83. The Morgan fingerprint density at radius 3 is 2.76 bits per heavy atom. The third-order valence-corrected chi connectivity index (χ3v) is 7.52. The second kappa shape index (κ2) is 4.51. The summed E-state index contributed by atoms with van der Waals surface area (Å²) in [6.45, 7) is 7.10. The molecule has 1 heteroatoms. The van der Waals surface area contributed by atoms with Gasteiger partial charge in [0.2, 0.25) is 0 Å². The van der Waals surface area contributed by atoms with Crippen LogP contribution in [-0.4, -0.2) is 5.11 Å². The molecule has 3 aliphatic rings. The van der Waals surface area contributed by atoms with Gasteiger partial charge in [0.05, 0.1) is 0 Å². The molecule has 0 saturated heterocycles. The van der Waals surface area contributed by atoms with Crippen molar-refractivity contribution in [2.45, 2.75) is 65.2 Å². The maximum Gasteiger partial charge on any atom is 0.118 e. The van der Waals surface area contributed by atoms with Gasteiger partial charge in [-0.2, -0.15) is 0 Å². The average Bonchev–Trinajstić information content (AvgIpc) is 2.76. The van der Waals surface area contributed by atoms with Crippen LogP contribution in [0.1, 0.15) is 68.6 Å². The molecule has 1 aromatic rings. The van der Waals surface area contributed by atoms with Gasteiger partial charge in [-0.1, -0.05) is 19.9 Å². The summed E-state index contributed by atoms with van der Waals surface area (Å²) in [5.41, 5.74) is 4.66. The molecular weight excluding hydrogens is 256 g/mol. The lowest BCUT2D eigenvalue weighted by Crippen LogP contribution is -2.41. The zero-order valence-corrected chi connectivity index (χ0v) is 13.7. The van der Waals surface area contributed by atoms with Gasteiger partial charge in [0.15, 0.2) is 0 Å². The van der Waals surface area contributed by atoms with Crippen LogP contribution in [0.5, 0.6) is 5.75 Å². The number of aryl methyl sites for hydroxylation is 2. The summed E-state index contributed by atoms with van der Waals surface area (Å²) in [5.74, 6) is 3.99. The van der Waals surface area contributed by atoms with E-state index in [-0.39, 0.29) is 0 Å². The first kappa shape index (κ1) is 13.7. The molecule has 0 aromatic heterocycles. The van der Waals surface area contributed by atoms with Gasteiger partial charge in [-0.3, -0.25) is 0 Å². The van der Waals surface area contributed by atoms with Gasteiger partial charge in [0, 0.05) is 0 Å². The minimum atomic E-state index is 0.488. The number of hydrogen-bond acceptors (Lipinski definition) is 1. The Morgan fingerprint density at radius 2 is 1.95 bits per heavy atom. The number of fused-ring (bicyclic) bond motifs is 5. The van der Waals surface area contributed by atoms with E-state index in [1.54, 1.807) is 5.56 Å². The molecule has 1 nitrogen and oxygen atoms in total. The maximum atomic E-state index is 10.00. The lowest BCUT2D eigenvalue weighted by Gasteiger charge is -2.50. The molecule has 2 saturated carbocycles. The molecule has 3 aliphatic carbocycles. The molecule has 3 unspecified atom stereocenters. The van der Waals surface area contributed by atoms with Crippen molar-refractivity contribution >= 4 is 0 Å². The zero-order chi connectivity index (χ0) is 14.8. The Bertz CT molecular complexity index is 575. The van der Waals surface area contributed by atoms with Gasteiger partial charge in [-0.25, -0.2) is 0 Å². The largest absolute Gasteiger partial charge is 0.508 e. The van der Waals surface area contributed by atoms with Gasteiger partial charge < -0.3 is 5.11 Å². The predicted octanol–water partition coefficient (Wildman–Crippen LogP) is 5.19. The summed E-state index contributed by atoms with van der Waals surface area (Å²) >= 11 is 0. The van der Waals surface area contributed by atoms with Gasteiger partial charge in [0.1, 0.15) is 5.75 Å². The van der Waals surface area contributed by atoms with Crippen molar-refractivity contribution in [1.82, 2.24) is 0 Å². The van der Waals surface area contributed by atoms with E-state index in [9.17, 15) is 5.11 Å². The Labute approximate surface area is 128 Å². The Kier molecular flexibility index (Phi) is 2.93. The highest BCUT2D eigenvalue weighted by Gasteiger charge is 2.53.